The first kappa shape index (κ1) is 25.1. The summed E-state index contributed by atoms with van der Waals surface area (Å²) in [6.07, 6.45) is 1.04. The molecular weight excluding hydrogens is 477 g/mol. The van der Waals surface area contributed by atoms with Crippen molar-refractivity contribution in [3.63, 3.8) is 0 Å². The Morgan fingerprint density at radius 2 is 2.03 bits per heavy atom. The van der Waals surface area contributed by atoms with Crippen LogP contribution in [-0.4, -0.2) is 79.5 Å². The van der Waals surface area contributed by atoms with Crippen molar-refractivity contribution in [3.05, 3.63) is 24.0 Å². The Balaban J connectivity index is 1.44. The molecule has 0 spiro atoms. The second-order valence-electron chi connectivity index (χ2n) is 9.22. The number of carbonyl (C=O) groups excluding carboxylic acids is 1. The Morgan fingerprint density at radius 3 is 2.62 bits per heavy atom. The highest BCUT2D eigenvalue weighted by Crippen LogP contribution is 2.61. The highest BCUT2D eigenvalue weighted by Gasteiger charge is 2.60. The first-order valence-electron chi connectivity index (χ1n) is 11.3. The van der Waals surface area contributed by atoms with E-state index >= 15 is 0 Å². The number of carbonyl (C=O) groups is 1. The molecule has 1 amide bonds. The van der Waals surface area contributed by atoms with Crippen LogP contribution < -0.4 is 4.72 Å². The summed E-state index contributed by atoms with van der Waals surface area (Å²) in [5.41, 5.74) is -0.182. The normalized spacial score (nSPS) is 33.1. The lowest BCUT2D eigenvalue weighted by atomic mass is 9.86. The van der Waals surface area contributed by atoms with Crippen LogP contribution in [0.2, 0.25) is 0 Å². The van der Waals surface area contributed by atoms with Crippen molar-refractivity contribution in [2.75, 3.05) is 19.5 Å². The third kappa shape index (κ3) is 4.87. The summed E-state index contributed by atoms with van der Waals surface area (Å²) in [7, 11) is -2.60. The van der Waals surface area contributed by atoms with E-state index in [9.17, 15) is 26.4 Å². The van der Waals surface area contributed by atoms with Crippen LogP contribution in [0.4, 0.5) is 18.0 Å². The van der Waals surface area contributed by atoms with Crippen LogP contribution in [-0.2, 0) is 24.9 Å². The van der Waals surface area contributed by atoms with E-state index in [1.807, 2.05) is 0 Å². The van der Waals surface area contributed by atoms with Gasteiger partial charge in [0.25, 0.3) is 6.43 Å². The molecule has 190 valence electrons. The topological polar surface area (TPSA) is 111 Å². The van der Waals surface area contributed by atoms with E-state index in [1.165, 1.54) is 6.92 Å². The Hall–Kier alpha value is -1.99. The maximum absolute atomic E-state index is 13.7. The Bertz CT molecular complexity index is 999. The fourth-order valence-electron chi connectivity index (χ4n) is 5.40. The Kier molecular flexibility index (Phi) is 7.07. The average molecular weight is 507 g/mol. The van der Waals surface area contributed by atoms with Gasteiger partial charge in [-0.25, -0.2) is 41.1 Å². The highest BCUT2D eigenvalue weighted by atomic mass is 32.2. The minimum atomic E-state index is -3.70. The number of nitrogens with zero attached hydrogens (tertiary/aromatic N) is 3. The molecule has 0 aromatic carbocycles. The summed E-state index contributed by atoms with van der Waals surface area (Å²) in [5.74, 6) is 0.183. The lowest BCUT2D eigenvalue weighted by molar-refractivity contribution is -0.0239. The van der Waals surface area contributed by atoms with Gasteiger partial charge in [-0.2, -0.15) is 0 Å². The summed E-state index contributed by atoms with van der Waals surface area (Å²) in [6.45, 7) is 1.34. The fourth-order valence-corrected chi connectivity index (χ4v) is 6.28. The van der Waals surface area contributed by atoms with Gasteiger partial charge in [-0.15, -0.1) is 0 Å². The van der Waals surface area contributed by atoms with Crippen molar-refractivity contribution < 1.29 is 35.9 Å². The lowest BCUT2D eigenvalue weighted by Gasteiger charge is -2.33. The first-order chi connectivity index (χ1) is 16.1. The zero-order chi connectivity index (χ0) is 24.7. The summed E-state index contributed by atoms with van der Waals surface area (Å²) < 4.78 is 78.2. The fraction of sp³-hybridized carbons (Fsp3) is 0.762. The van der Waals surface area contributed by atoms with Crippen molar-refractivity contribution in [3.8, 4) is 0 Å². The molecule has 1 aromatic rings. The number of sulfonamides is 1. The molecule has 1 N–H and O–H groups in total. The quantitative estimate of drug-likeness (QED) is 0.576. The molecule has 13 heteroatoms. The van der Waals surface area contributed by atoms with Crippen molar-refractivity contribution in [2.24, 2.45) is 5.92 Å². The number of hydrogen-bond acceptors (Lipinski definition) is 7. The van der Waals surface area contributed by atoms with Gasteiger partial charge in [0.2, 0.25) is 10.0 Å². The number of alkyl halides is 2. The van der Waals surface area contributed by atoms with Crippen molar-refractivity contribution >= 4 is 16.1 Å². The van der Waals surface area contributed by atoms with Crippen molar-refractivity contribution in [2.45, 2.75) is 75.1 Å². The second kappa shape index (κ2) is 9.57. The van der Waals surface area contributed by atoms with E-state index in [4.69, 9.17) is 9.47 Å². The minimum absolute atomic E-state index is 0.105. The molecule has 2 heterocycles. The predicted octanol–water partition coefficient (Wildman–Crippen LogP) is 2.22. The number of rotatable bonds is 8. The van der Waals surface area contributed by atoms with Crippen molar-refractivity contribution in [1.29, 1.82) is 0 Å². The summed E-state index contributed by atoms with van der Waals surface area (Å²) in [5, 5.41) is 0. The van der Waals surface area contributed by atoms with Gasteiger partial charge in [0.15, 0.2) is 5.82 Å². The summed E-state index contributed by atoms with van der Waals surface area (Å²) >= 11 is 0. The molecule has 9 nitrogen and oxygen atoms in total. The number of fused-ring (bicyclic) bond motifs is 1. The molecule has 1 aliphatic heterocycles. The van der Waals surface area contributed by atoms with Crippen LogP contribution in [0.1, 0.15) is 44.9 Å². The summed E-state index contributed by atoms with van der Waals surface area (Å²) in [6, 6.07) is -3.33. The van der Waals surface area contributed by atoms with Gasteiger partial charge in [-0.3, -0.25) is 4.90 Å². The Labute approximate surface area is 196 Å². The SMILES string of the molecule is CCS(=O)(=O)N[C@H]1CC(C(F)F)N(C(=O)OC)[C@H]1COC1CCC2(c3ncc(F)cn3)CC2C1. The number of amides is 1. The van der Waals surface area contributed by atoms with E-state index in [2.05, 4.69) is 14.7 Å². The van der Waals surface area contributed by atoms with Gasteiger partial charge in [-0.1, -0.05) is 0 Å². The molecule has 34 heavy (non-hydrogen) atoms. The average Bonchev–Trinajstić information content (AvgIpc) is 3.44. The first-order valence-corrected chi connectivity index (χ1v) is 13.0. The van der Waals surface area contributed by atoms with Gasteiger partial charge in [0.1, 0.15) is 5.82 Å². The number of ether oxygens (including phenoxy) is 2. The van der Waals surface area contributed by atoms with Gasteiger partial charge in [-0.05, 0) is 44.9 Å². The highest BCUT2D eigenvalue weighted by molar-refractivity contribution is 7.89. The van der Waals surface area contributed by atoms with E-state index in [0.717, 1.165) is 37.2 Å². The number of hydrogen-bond donors (Lipinski definition) is 1. The lowest BCUT2D eigenvalue weighted by Crippen LogP contribution is -2.51. The van der Waals surface area contributed by atoms with Crippen LogP contribution in [0.3, 0.4) is 0 Å². The van der Waals surface area contributed by atoms with E-state index in [1.54, 1.807) is 0 Å². The van der Waals surface area contributed by atoms with Gasteiger partial charge in [0.05, 0.1) is 50.1 Å². The van der Waals surface area contributed by atoms with Crippen LogP contribution in [0.15, 0.2) is 12.4 Å². The minimum Gasteiger partial charge on any atom is -0.453 e. The van der Waals surface area contributed by atoms with Gasteiger partial charge in [0, 0.05) is 11.5 Å². The number of halogens is 3. The zero-order valence-electron chi connectivity index (χ0n) is 19.0. The van der Waals surface area contributed by atoms with Gasteiger partial charge >= 0.3 is 6.09 Å². The second-order valence-corrected chi connectivity index (χ2v) is 11.3. The maximum atomic E-state index is 13.7. The zero-order valence-corrected chi connectivity index (χ0v) is 19.8. The molecule has 2 aliphatic carbocycles. The summed E-state index contributed by atoms with van der Waals surface area (Å²) in [4.78, 5) is 21.5. The molecule has 4 unspecified atom stereocenters. The van der Waals surface area contributed by atoms with Crippen LogP contribution in [0.5, 0.6) is 0 Å². The molecule has 2 saturated carbocycles. The number of nitrogens with one attached hydrogen (secondary N) is 1. The monoisotopic (exact) mass is 506 g/mol. The molecule has 0 radical (unpaired) electrons. The molecule has 4 rings (SSSR count). The van der Waals surface area contributed by atoms with Crippen LogP contribution in [0.25, 0.3) is 0 Å². The third-order valence-corrected chi connectivity index (χ3v) is 8.74. The van der Waals surface area contributed by atoms with Crippen LogP contribution >= 0.6 is 0 Å². The molecule has 1 aromatic heterocycles. The molecule has 3 fully saturated rings. The third-order valence-electron chi connectivity index (χ3n) is 7.32. The largest absolute Gasteiger partial charge is 0.453 e. The number of likely N-dealkylation sites (tertiary alicyclic amines) is 1. The molecule has 6 atom stereocenters. The molecule has 3 aliphatic rings. The van der Waals surface area contributed by atoms with E-state index in [0.29, 0.717) is 18.7 Å². The van der Waals surface area contributed by atoms with E-state index < -0.39 is 46.5 Å². The number of aromatic nitrogens is 2. The van der Waals surface area contributed by atoms with Gasteiger partial charge < -0.3 is 9.47 Å². The predicted molar refractivity (Wildman–Crippen MR) is 114 cm³/mol. The molecular formula is C21H29F3N4O5S. The number of methoxy groups -OCH3 is 1. The standard InChI is InChI=1S/C21H29F3N4O5S/c1-3-34(30,31)27-15-7-16(18(23)24)28(20(29)32-2)17(15)11-33-14-4-5-21(8-12(21)6-14)19-25-9-13(22)10-26-19/h9-10,12,14-18,27H,3-8,11H2,1-2H3/t12?,14?,15-,16?,17-,21?/m0/s1. The maximum Gasteiger partial charge on any atom is 0.410 e. The van der Waals surface area contributed by atoms with E-state index in [-0.39, 0.29) is 36.2 Å². The smallest absolute Gasteiger partial charge is 0.410 e. The Morgan fingerprint density at radius 1 is 1.32 bits per heavy atom. The molecule has 1 saturated heterocycles. The van der Waals surface area contributed by atoms with Crippen LogP contribution in [0, 0.1) is 11.7 Å². The van der Waals surface area contributed by atoms with Crippen molar-refractivity contribution in [1.82, 2.24) is 19.6 Å². The molecule has 0 bridgehead atoms.